The zero-order valence-corrected chi connectivity index (χ0v) is 12.7. The average Bonchev–Trinajstić information content (AvgIpc) is 2.50. The summed E-state index contributed by atoms with van der Waals surface area (Å²) in [6.07, 6.45) is 0.493. The molecule has 0 bridgehead atoms. The Hall–Kier alpha value is -0.670. The summed E-state index contributed by atoms with van der Waals surface area (Å²) in [6.45, 7) is 0.577. The topological polar surface area (TPSA) is 63.7 Å². The van der Waals surface area contributed by atoms with E-state index in [9.17, 15) is 13.2 Å². The number of carbonyl (C=O) groups is 1. The minimum absolute atomic E-state index is 0.108. The van der Waals surface area contributed by atoms with Gasteiger partial charge in [0.1, 0.15) is 4.90 Å². The van der Waals surface area contributed by atoms with Crippen molar-refractivity contribution in [3.63, 3.8) is 0 Å². The van der Waals surface area contributed by atoms with Gasteiger partial charge in [0.2, 0.25) is 0 Å². The van der Waals surface area contributed by atoms with E-state index >= 15 is 0 Å². The van der Waals surface area contributed by atoms with Crippen molar-refractivity contribution in [2.75, 3.05) is 20.3 Å². The van der Waals surface area contributed by atoms with Crippen molar-refractivity contribution < 1.29 is 17.9 Å². The van der Waals surface area contributed by atoms with E-state index in [2.05, 4.69) is 0 Å². The lowest BCUT2D eigenvalue weighted by Crippen LogP contribution is -2.31. The summed E-state index contributed by atoms with van der Waals surface area (Å²) in [4.78, 5) is 12.1. The van der Waals surface area contributed by atoms with Gasteiger partial charge in [0.15, 0.2) is 0 Å². The van der Waals surface area contributed by atoms with E-state index in [1.807, 2.05) is 22.6 Å². The molecule has 5 nitrogen and oxygen atoms in total. The van der Waals surface area contributed by atoms with Gasteiger partial charge >= 0.3 is 0 Å². The molecule has 1 aromatic rings. The molecule has 0 atom stereocenters. The maximum atomic E-state index is 12.2. The summed E-state index contributed by atoms with van der Waals surface area (Å²) in [5.41, 5.74) is 0.257. The second-order valence-corrected chi connectivity index (χ2v) is 6.95. The number of nitrogens with zero attached hydrogens (tertiary/aromatic N) is 1. The monoisotopic (exact) mass is 381 g/mol. The number of rotatable bonds is 4. The predicted molar refractivity (Wildman–Crippen MR) is 73.9 cm³/mol. The smallest absolute Gasteiger partial charge is 0.269 e. The van der Waals surface area contributed by atoms with Crippen LogP contribution in [0.15, 0.2) is 23.1 Å². The summed E-state index contributed by atoms with van der Waals surface area (Å²) < 4.78 is 31.0. The van der Waals surface area contributed by atoms with Gasteiger partial charge in [-0.3, -0.25) is 4.79 Å². The van der Waals surface area contributed by atoms with Gasteiger partial charge in [0.05, 0.1) is 5.56 Å². The first kappa shape index (κ1) is 13.8. The highest BCUT2D eigenvalue weighted by atomic mass is 127. The molecule has 1 aliphatic heterocycles. The molecular formula is C11H12INO4S. The molecular weight excluding hydrogens is 369 g/mol. The lowest BCUT2D eigenvalue weighted by atomic mass is 10.2. The van der Waals surface area contributed by atoms with Gasteiger partial charge in [0, 0.05) is 23.8 Å². The third-order valence-electron chi connectivity index (χ3n) is 2.68. The molecule has 18 heavy (non-hydrogen) atoms. The van der Waals surface area contributed by atoms with Crippen molar-refractivity contribution in [3.05, 3.63) is 27.3 Å². The van der Waals surface area contributed by atoms with Crippen molar-refractivity contribution >= 4 is 38.5 Å². The van der Waals surface area contributed by atoms with Crippen LogP contribution in [0.25, 0.3) is 0 Å². The second-order valence-electron chi connectivity index (χ2n) is 3.87. The van der Waals surface area contributed by atoms with E-state index in [4.69, 9.17) is 4.74 Å². The predicted octanol–water partition coefficient (Wildman–Crippen LogP) is 1.47. The van der Waals surface area contributed by atoms with E-state index in [0.29, 0.717) is 13.0 Å². The fraction of sp³-hybridized carbons (Fsp3) is 0.364. The summed E-state index contributed by atoms with van der Waals surface area (Å²) in [7, 11) is -2.14. The molecule has 0 saturated carbocycles. The van der Waals surface area contributed by atoms with Gasteiger partial charge in [-0.05, 0) is 47.2 Å². The van der Waals surface area contributed by atoms with Gasteiger partial charge in [-0.1, -0.05) is 0 Å². The largest absolute Gasteiger partial charge is 0.385 e. The molecule has 1 heterocycles. The van der Waals surface area contributed by atoms with Crippen LogP contribution in [0.3, 0.4) is 0 Å². The summed E-state index contributed by atoms with van der Waals surface area (Å²) in [5.74, 6) is -0.447. The maximum absolute atomic E-state index is 12.2. The Morgan fingerprint density at radius 3 is 2.78 bits per heavy atom. The SMILES string of the molecule is COCCCN1C(=O)c2ccc(I)cc2S1(=O)=O. The first-order valence-corrected chi connectivity index (χ1v) is 7.86. The molecule has 0 unspecified atom stereocenters. The van der Waals surface area contributed by atoms with Crippen LogP contribution in [-0.2, 0) is 14.8 Å². The Bertz CT molecular complexity index is 585. The van der Waals surface area contributed by atoms with Crippen LogP contribution in [0.2, 0.25) is 0 Å². The molecule has 0 N–H and O–H groups in total. The molecule has 0 spiro atoms. The minimum atomic E-state index is -3.68. The second kappa shape index (κ2) is 5.14. The number of sulfonamides is 1. The van der Waals surface area contributed by atoms with Crippen LogP contribution in [0.1, 0.15) is 16.8 Å². The number of ether oxygens (including phenoxy) is 1. The van der Waals surface area contributed by atoms with Crippen molar-refractivity contribution in [2.45, 2.75) is 11.3 Å². The van der Waals surface area contributed by atoms with E-state index < -0.39 is 15.9 Å². The van der Waals surface area contributed by atoms with Crippen LogP contribution in [0, 0.1) is 3.57 Å². The molecule has 2 rings (SSSR count). The molecule has 0 fully saturated rings. The lowest BCUT2D eigenvalue weighted by Gasteiger charge is -2.14. The molecule has 98 valence electrons. The fourth-order valence-electron chi connectivity index (χ4n) is 1.82. The molecule has 0 aliphatic carbocycles. The molecule has 1 aliphatic rings. The highest BCUT2D eigenvalue weighted by Crippen LogP contribution is 2.31. The van der Waals surface area contributed by atoms with Crippen LogP contribution in [0.5, 0.6) is 0 Å². The normalized spacial score (nSPS) is 17.0. The summed E-state index contributed by atoms with van der Waals surface area (Å²) in [6, 6.07) is 4.82. The standard InChI is InChI=1S/C11H12INO4S/c1-17-6-2-5-13-11(14)9-4-3-8(12)7-10(9)18(13,15)16/h3-4,7H,2,5-6H2,1H3. The van der Waals surface area contributed by atoms with Crippen LogP contribution in [0.4, 0.5) is 0 Å². The van der Waals surface area contributed by atoms with E-state index in [-0.39, 0.29) is 17.0 Å². The Morgan fingerprint density at radius 1 is 1.39 bits per heavy atom. The van der Waals surface area contributed by atoms with Crippen molar-refractivity contribution in [1.29, 1.82) is 0 Å². The van der Waals surface area contributed by atoms with E-state index in [1.54, 1.807) is 12.1 Å². The third kappa shape index (κ3) is 2.26. The molecule has 0 aromatic heterocycles. The Kier molecular flexibility index (Phi) is 3.93. The van der Waals surface area contributed by atoms with Crippen LogP contribution < -0.4 is 0 Å². The number of hydrogen-bond acceptors (Lipinski definition) is 4. The number of benzene rings is 1. The quantitative estimate of drug-likeness (QED) is 0.586. The number of carbonyl (C=O) groups excluding carboxylic acids is 1. The Labute approximate surface area is 119 Å². The van der Waals surface area contributed by atoms with Crippen molar-refractivity contribution in [2.24, 2.45) is 0 Å². The first-order chi connectivity index (χ1) is 8.48. The molecule has 7 heteroatoms. The van der Waals surface area contributed by atoms with Crippen molar-refractivity contribution in [1.82, 2.24) is 4.31 Å². The van der Waals surface area contributed by atoms with Crippen LogP contribution >= 0.6 is 22.6 Å². The van der Waals surface area contributed by atoms with Crippen molar-refractivity contribution in [3.8, 4) is 0 Å². The average molecular weight is 381 g/mol. The summed E-state index contributed by atoms with van der Waals surface area (Å²) in [5, 5.41) is 0. The molecule has 0 saturated heterocycles. The number of amides is 1. The molecule has 1 aromatic carbocycles. The number of fused-ring (bicyclic) bond motifs is 1. The van der Waals surface area contributed by atoms with E-state index in [1.165, 1.54) is 13.2 Å². The fourth-order valence-corrected chi connectivity index (χ4v) is 4.16. The van der Waals surface area contributed by atoms with Crippen LogP contribution in [-0.4, -0.2) is 38.9 Å². The van der Waals surface area contributed by atoms with Gasteiger partial charge in [0.25, 0.3) is 15.9 Å². The maximum Gasteiger partial charge on any atom is 0.269 e. The first-order valence-electron chi connectivity index (χ1n) is 5.34. The van der Waals surface area contributed by atoms with Gasteiger partial charge in [-0.25, -0.2) is 12.7 Å². The highest BCUT2D eigenvalue weighted by molar-refractivity contribution is 14.1. The Morgan fingerprint density at radius 2 is 2.11 bits per heavy atom. The van der Waals surface area contributed by atoms with Gasteiger partial charge in [-0.15, -0.1) is 0 Å². The lowest BCUT2D eigenvalue weighted by molar-refractivity contribution is 0.0860. The van der Waals surface area contributed by atoms with E-state index in [0.717, 1.165) is 7.88 Å². The molecule has 1 amide bonds. The third-order valence-corrected chi connectivity index (χ3v) is 5.17. The zero-order chi connectivity index (χ0) is 13.3. The zero-order valence-electron chi connectivity index (χ0n) is 9.72. The highest BCUT2D eigenvalue weighted by Gasteiger charge is 2.40. The van der Waals surface area contributed by atoms with Gasteiger partial charge in [-0.2, -0.15) is 0 Å². The molecule has 0 radical (unpaired) electrons. The Balaban J connectivity index is 2.36. The number of methoxy groups -OCH3 is 1. The number of hydrogen-bond donors (Lipinski definition) is 0. The minimum Gasteiger partial charge on any atom is -0.385 e. The van der Waals surface area contributed by atoms with Gasteiger partial charge < -0.3 is 4.74 Å². The number of halogens is 1. The summed E-state index contributed by atoms with van der Waals surface area (Å²) >= 11 is 2.02.